The number of aromatic nitrogens is 2. The molecule has 1 aliphatic rings. The SMILES string of the molecule is Cn1cc(CNCc2cc3c(s2)CCC3)c(=O)n(C)c1=O. The molecule has 2 aromatic rings. The highest BCUT2D eigenvalue weighted by Gasteiger charge is 2.14. The normalized spacial score (nSPS) is 13.6. The lowest BCUT2D eigenvalue weighted by molar-refractivity contribution is 0.632. The molecule has 21 heavy (non-hydrogen) atoms. The van der Waals surface area contributed by atoms with Gasteiger partial charge in [0.25, 0.3) is 5.56 Å². The third kappa shape index (κ3) is 2.73. The zero-order chi connectivity index (χ0) is 15.0. The summed E-state index contributed by atoms with van der Waals surface area (Å²) in [5.41, 5.74) is 1.59. The average Bonchev–Trinajstić information content (AvgIpc) is 3.03. The topological polar surface area (TPSA) is 56.0 Å². The summed E-state index contributed by atoms with van der Waals surface area (Å²) < 4.78 is 2.59. The van der Waals surface area contributed by atoms with E-state index in [0.29, 0.717) is 12.1 Å². The smallest absolute Gasteiger partial charge is 0.308 e. The molecule has 112 valence electrons. The highest BCUT2D eigenvalue weighted by Crippen LogP contribution is 2.30. The second kappa shape index (κ2) is 5.61. The summed E-state index contributed by atoms with van der Waals surface area (Å²) in [6.07, 6.45) is 5.31. The van der Waals surface area contributed by atoms with Gasteiger partial charge in [-0.25, -0.2) is 4.79 Å². The minimum Gasteiger partial charge on any atom is -0.308 e. The number of hydrogen-bond acceptors (Lipinski definition) is 4. The fraction of sp³-hybridized carbons (Fsp3) is 0.467. The van der Waals surface area contributed by atoms with Crippen LogP contribution in [0.5, 0.6) is 0 Å². The van der Waals surface area contributed by atoms with E-state index in [-0.39, 0.29) is 11.2 Å². The molecule has 2 heterocycles. The molecule has 1 aliphatic carbocycles. The Morgan fingerprint density at radius 3 is 2.81 bits per heavy atom. The van der Waals surface area contributed by atoms with E-state index in [2.05, 4.69) is 11.4 Å². The molecule has 0 radical (unpaired) electrons. The molecule has 0 aliphatic heterocycles. The molecule has 0 atom stereocenters. The Labute approximate surface area is 126 Å². The minimum absolute atomic E-state index is 0.223. The molecule has 0 unspecified atom stereocenters. The Hall–Kier alpha value is -1.66. The first kappa shape index (κ1) is 14.3. The largest absolute Gasteiger partial charge is 0.330 e. The number of rotatable bonds is 4. The lowest BCUT2D eigenvalue weighted by Gasteiger charge is -2.07. The number of nitrogens with one attached hydrogen (secondary N) is 1. The van der Waals surface area contributed by atoms with Crippen LogP contribution in [-0.2, 0) is 40.0 Å². The van der Waals surface area contributed by atoms with E-state index in [1.165, 1.54) is 46.2 Å². The summed E-state index contributed by atoms with van der Waals surface area (Å²) in [5, 5.41) is 3.30. The van der Waals surface area contributed by atoms with Crippen LogP contribution in [0.4, 0.5) is 0 Å². The van der Waals surface area contributed by atoms with Crippen molar-refractivity contribution in [3.8, 4) is 0 Å². The van der Waals surface area contributed by atoms with Crippen LogP contribution in [0.1, 0.15) is 27.3 Å². The molecular weight excluding hydrogens is 286 g/mol. The van der Waals surface area contributed by atoms with Crippen molar-refractivity contribution in [2.75, 3.05) is 0 Å². The lowest BCUT2D eigenvalue weighted by atomic mass is 10.2. The van der Waals surface area contributed by atoms with E-state index in [4.69, 9.17) is 0 Å². The maximum atomic E-state index is 12.0. The van der Waals surface area contributed by atoms with Gasteiger partial charge in [0.05, 0.1) is 0 Å². The van der Waals surface area contributed by atoms with E-state index >= 15 is 0 Å². The van der Waals surface area contributed by atoms with Crippen LogP contribution in [0.15, 0.2) is 21.9 Å². The molecule has 0 bridgehead atoms. The predicted molar refractivity (Wildman–Crippen MR) is 83.8 cm³/mol. The van der Waals surface area contributed by atoms with E-state index in [1.807, 2.05) is 11.3 Å². The quantitative estimate of drug-likeness (QED) is 0.914. The van der Waals surface area contributed by atoms with Crippen molar-refractivity contribution in [1.82, 2.24) is 14.5 Å². The van der Waals surface area contributed by atoms with Crippen LogP contribution in [0.2, 0.25) is 0 Å². The minimum atomic E-state index is -0.293. The Morgan fingerprint density at radius 1 is 1.24 bits per heavy atom. The summed E-state index contributed by atoms with van der Waals surface area (Å²) in [5.74, 6) is 0. The van der Waals surface area contributed by atoms with E-state index in [1.54, 1.807) is 13.2 Å². The molecule has 0 fully saturated rings. The standard InChI is InChI=1S/C15H19N3O2S/c1-17-9-11(14(19)18(2)15(17)20)7-16-8-12-6-10-4-3-5-13(10)21-12/h6,9,16H,3-5,7-8H2,1-2H3. The van der Waals surface area contributed by atoms with E-state index < -0.39 is 0 Å². The van der Waals surface area contributed by atoms with Gasteiger partial charge >= 0.3 is 5.69 Å². The van der Waals surface area contributed by atoms with Crippen molar-refractivity contribution >= 4 is 11.3 Å². The lowest BCUT2D eigenvalue weighted by Crippen LogP contribution is -2.39. The van der Waals surface area contributed by atoms with Crippen LogP contribution in [0, 0.1) is 0 Å². The summed E-state index contributed by atoms with van der Waals surface area (Å²) in [6, 6.07) is 2.28. The van der Waals surface area contributed by atoms with Crippen LogP contribution < -0.4 is 16.6 Å². The molecule has 0 saturated carbocycles. The molecule has 1 N–H and O–H groups in total. The first-order chi connectivity index (χ1) is 10.1. The van der Waals surface area contributed by atoms with Gasteiger partial charge in [-0.15, -0.1) is 11.3 Å². The molecule has 0 amide bonds. The monoisotopic (exact) mass is 305 g/mol. The van der Waals surface area contributed by atoms with Crippen molar-refractivity contribution in [3.63, 3.8) is 0 Å². The van der Waals surface area contributed by atoms with Crippen molar-refractivity contribution in [2.24, 2.45) is 14.1 Å². The van der Waals surface area contributed by atoms with E-state index in [0.717, 1.165) is 11.1 Å². The van der Waals surface area contributed by atoms with Crippen molar-refractivity contribution < 1.29 is 0 Å². The summed E-state index contributed by atoms with van der Waals surface area (Å²) >= 11 is 1.87. The summed E-state index contributed by atoms with van der Waals surface area (Å²) in [4.78, 5) is 26.5. The van der Waals surface area contributed by atoms with Crippen LogP contribution >= 0.6 is 11.3 Å². The molecule has 3 rings (SSSR count). The van der Waals surface area contributed by atoms with Gasteiger partial charge in [0.15, 0.2) is 0 Å². The Morgan fingerprint density at radius 2 is 2.05 bits per heavy atom. The maximum Gasteiger partial charge on any atom is 0.330 e. The van der Waals surface area contributed by atoms with Gasteiger partial charge < -0.3 is 9.88 Å². The Balaban J connectivity index is 1.68. The highest BCUT2D eigenvalue weighted by molar-refractivity contribution is 7.12. The number of thiophene rings is 1. The third-order valence-electron chi connectivity index (χ3n) is 3.93. The zero-order valence-electron chi connectivity index (χ0n) is 12.3. The second-order valence-electron chi connectivity index (χ2n) is 5.53. The molecule has 0 aromatic carbocycles. The van der Waals surface area contributed by atoms with Gasteiger partial charge in [0.1, 0.15) is 0 Å². The molecule has 6 heteroatoms. The van der Waals surface area contributed by atoms with Gasteiger partial charge in [-0.05, 0) is 30.9 Å². The molecule has 2 aromatic heterocycles. The fourth-order valence-electron chi connectivity index (χ4n) is 2.80. The maximum absolute atomic E-state index is 12.0. The van der Waals surface area contributed by atoms with Crippen molar-refractivity contribution in [2.45, 2.75) is 32.4 Å². The first-order valence-corrected chi connectivity index (χ1v) is 7.94. The third-order valence-corrected chi connectivity index (χ3v) is 5.17. The number of hydrogen-bond donors (Lipinski definition) is 1. The molecular formula is C15H19N3O2S. The zero-order valence-corrected chi connectivity index (χ0v) is 13.1. The fourth-order valence-corrected chi connectivity index (χ4v) is 4.03. The number of aryl methyl sites for hydroxylation is 3. The summed E-state index contributed by atoms with van der Waals surface area (Å²) in [6.45, 7) is 1.24. The van der Waals surface area contributed by atoms with Crippen LogP contribution in [0.25, 0.3) is 0 Å². The van der Waals surface area contributed by atoms with Gasteiger partial charge in [-0.3, -0.25) is 9.36 Å². The number of nitrogens with zero attached hydrogens (tertiary/aromatic N) is 2. The van der Waals surface area contributed by atoms with Crippen molar-refractivity contribution in [3.05, 3.63) is 54.0 Å². The molecule has 5 nitrogen and oxygen atoms in total. The van der Waals surface area contributed by atoms with Gasteiger partial charge in [-0.2, -0.15) is 0 Å². The number of fused-ring (bicyclic) bond motifs is 1. The first-order valence-electron chi connectivity index (χ1n) is 7.13. The Bertz CT molecular complexity index is 764. The van der Waals surface area contributed by atoms with Crippen molar-refractivity contribution in [1.29, 1.82) is 0 Å². The summed E-state index contributed by atoms with van der Waals surface area (Å²) in [7, 11) is 3.17. The van der Waals surface area contributed by atoms with E-state index in [9.17, 15) is 9.59 Å². The van der Waals surface area contributed by atoms with Crippen LogP contribution in [0.3, 0.4) is 0 Å². The van der Waals surface area contributed by atoms with Gasteiger partial charge in [-0.1, -0.05) is 0 Å². The molecule has 0 saturated heterocycles. The van der Waals surface area contributed by atoms with Crippen LogP contribution in [-0.4, -0.2) is 9.13 Å². The van der Waals surface area contributed by atoms with Gasteiger partial charge in [0, 0.05) is 48.7 Å². The molecule has 0 spiro atoms. The second-order valence-corrected chi connectivity index (χ2v) is 6.75. The van der Waals surface area contributed by atoms with Gasteiger partial charge in [0.2, 0.25) is 0 Å². The highest BCUT2D eigenvalue weighted by atomic mass is 32.1. The predicted octanol–water partition coefficient (Wildman–Crippen LogP) is 0.924. The average molecular weight is 305 g/mol. The Kier molecular flexibility index (Phi) is 3.82.